The Bertz CT molecular complexity index is 556. The van der Waals surface area contributed by atoms with E-state index in [-0.39, 0.29) is 18.4 Å². The summed E-state index contributed by atoms with van der Waals surface area (Å²) >= 11 is 0. The monoisotopic (exact) mass is 317 g/mol. The van der Waals surface area contributed by atoms with Crippen LogP contribution in [-0.4, -0.2) is 24.7 Å². The number of quaternary nitrogens is 1. The number of hydrogen-bond acceptors (Lipinski definition) is 1. The van der Waals surface area contributed by atoms with E-state index in [1.807, 2.05) is 48.5 Å². The number of aliphatic hydroxyl groups excluding tert-OH is 1. The molecule has 2 aromatic rings. The van der Waals surface area contributed by atoms with Crippen LogP contribution in [0.1, 0.15) is 24.2 Å². The van der Waals surface area contributed by atoms with E-state index in [9.17, 15) is 5.11 Å². The van der Waals surface area contributed by atoms with Gasteiger partial charge in [0.2, 0.25) is 0 Å². The minimum atomic E-state index is -0.434. The van der Waals surface area contributed by atoms with Crippen LogP contribution in [0.4, 0.5) is 0 Å². The number of nitrogens with one attached hydrogen (secondary N) is 1. The Kier molecular flexibility index (Phi) is 7.89. The van der Waals surface area contributed by atoms with Gasteiger partial charge in [-0.05, 0) is 24.1 Å². The van der Waals surface area contributed by atoms with Crippen molar-refractivity contribution >= 4 is 6.08 Å². The van der Waals surface area contributed by atoms with Crippen LogP contribution >= 0.6 is 0 Å². The van der Waals surface area contributed by atoms with Gasteiger partial charge in [-0.2, -0.15) is 0 Å². The summed E-state index contributed by atoms with van der Waals surface area (Å²) in [5.74, 6) is 0. The first kappa shape index (κ1) is 18.4. The second-order valence-electron chi connectivity index (χ2n) is 5.51. The minimum Gasteiger partial charge on any atom is -1.00 e. The van der Waals surface area contributed by atoms with Gasteiger partial charge in [0.05, 0.1) is 13.6 Å². The fourth-order valence-corrected chi connectivity index (χ4v) is 2.34. The van der Waals surface area contributed by atoms with Gasteiger partial charge in [0.25, 0.3) is 0 Å². The summed E-state index contributed by atoms with van der Waals surface area (Å²) in [5, 5.41) is 10.4. The van der Waals surface area contributed by atoms with Crippen LogP contribution in [0.15, 0.2) is 66.7 Å². The maximum Gasteiger partial charge on any atom is 0.130 e. The van der Waals surface area contributed by atoms with Crippen LogP contribution in [0.5, 0.6) is 0 Å². The first-order chi connectivity index (χ1) is 10.2. The predicted octanol–water partition coefficient (Wildman–Crippen LogP) is -0.659. The van der Waals surface area contributed by atoms with Crippen molar-refractivity contribution in [2.75, 3.05) is 13.6 Å². The summed E-state index contributed by atoms with van der Waals surface area (Å²) in [7, 11) is 2.12. The van der Waals surface area contributed by atoms with Crippen LogP contribution in [0.3, 0.4) is 0 Å². The number of hydrogen-bond donors (Lipinski definition) is 2. The van der Waals surface area contributed by atoms with E-state index in [1.54, 1.807) is 0 Å². The average molecular weight is 318 g/mol. The molecule has 2 unspecified atom stereocenters. The highest BCUT2D eigenvalue weighted by Crippen LogP contribution is 2.14. The number of rotatable bonds is 6. The molecule has 22 heavy (non-hydrogen) atoms. The number of aliphatic hydroxyl groups is 1. The van der Waals surface area contributed by atoms with Crippen molar-refractivity contribution in [2.24, 2.45) is 0 Å². The van der Waals surface area contributed by atoms with Crippen molar-refractivity contribution in [1.29, 1.82) is 0 Å². The molecule has 0 aliphatic carbocycles. The smallest absolute Gasteiger partial charge is 0.130 e. The van der Waals surface area contributed by atoms with Gasteiger partial charge >= 0.3 is 0 Å². The van der Waals surface area contributed by atoms with E-state index in [4.69, 9.17) is 0 Å². The lowest BCUT2D eigenvalue weighted by Crippen LogP contribution is -3.13. The highest BCUT2D eigenvalue weighted by molar-refractivity contribution is 5.48. The largest absolute Gasteiger partial charge is 1.00 e. The highest BCUT2D eigenvalue weighted by atomic mass is 35.5. The average Bonchev–Trinajstić information content (AvgIpc) is 2.55. The zero-order valence-corrected chi connectivity index (χ0v) is 13.9. The maximum absolute atomic E-state index is 10.4. The molecular weight excluding hydrogens is 294 g/mol. The molecule has 3 heteroatoms. The Morgan fingerprint density at radius 3 is 2.14 bits per heavy atom. The lowest BCUT2D eigenvalue weighted by atomic mass is 10.0. The zero-order chi connectivity index (χ0) is 15.1. The zero-order valence-electron chi connectivity index (χ0n) is 13.1. The van der Waals surface area contributed by atoms with Crippen molar-refractivity contribution in [3.63, 3.8) is 0 Å². The minimum absolute atomic E-state index is 0. The third-order valence-electron chi connectivity index (χ3n) is 3.94. The fraction of sp³-hybridized carbons (Fsp3) is 0.263. The molecule has 2 rings (SSSR count). The number of benzene rings is 2. The van der Waals surface area contributed by atoms with E-state index in [2.05, 4.69) is 38.3 Å². The van der Waals surface area contributed by atoms with E-state index in [0.29, 0.717) is 0 Å². The Hall–Kier alpha value is -1.61. The van der Waals surface area contributed by atoms with E-state index in [0.717, 1.165) is 12.1 Å². The molecule has 0 aliphatic rings. The summed E-state index contributed by atoms with van der Waals surface area (Å²) in [6, 6.07) is 20.3. The Balaban J connectivity index is 0.00000242. The second-order valence-corrected chi connectivity index (χ2v) is 5.51. The van der Waals surface area contributed by atoms with Crippen molar-refractivity contribution < 1.29 is 22.4 Å². The summed E-state index contributed by atoms with van der Waals surface area (Å²) in [6.45, 7) is 2.98. The normalized spacial score (nSPS) is 15.0. The molecule has 2 aromatic carbocycles. The predicted molar refractivity (Wildman–Crippen MR) is 88.1 cm³/mol. The summed E-state index contributed by atoms with van der Waals surface area (Å²) in [5.41, 5.74) is 2.19. The van der Waals surface area contributed by atoms with Gasteiger partial charge in [0.1, 0.15) is 12.1 Å². The Morgan fingerprint density at radius 1 is 1.00 bits per heavy atom. The lowest BCUT2D eigenvalue weighted by Gasteiger charge is -2.25. The van der Waals surface area contributed by atoms with E-state index >= 15 is 0 Å². The summed E-state index contributed by atoms with van der Waals surface area (Å²) in [4.78, 5) is 1.29. The molecule has 0 aliphatic heterocycles. The standard InChI is InChI=1S/C19H23NO.ClH/c1-16(19(21)18-13-7-4-8-14-18)20(2)15-9-12-17-10-5-3-6-11-17;/h3-14,16,19,21H,15H2,1-2H3;1H/b12-9+;/t16?,19-;/m1./s1. The van der Waals surface area contributed by atoms with Crippen molar-refractivity contribution in [3.05, 3.63) is 77.9 Å². The van der Waals surface area contributed by atoms with Gasteiger partial charge < -0.3 is 22.4 Å². The maximum atomic E-state index is 10.4. The quantitative estimate of drug-likeness (QED) is 0.726. The van der Waals surface area contributed by atoms with Crippen LogP contribution in [0, 0.1) is 0 Å². The highest BCUT2D eigenvalue weighted by Gasteiger charge is 2.22. The van der Waals surface area contributed by atoms with Crippen molar-refractivity contribution in [3.8, 4) is 0 Å². The first-order valence-corrected chi connectivity index (χ1v) is 7.45. The fourth-order valence-electron chi connectivity index (χ4n) is 2.34. The lowest BCUT2D eigenvalue weighted by molar-refractivity contribution is -0.902. The van der Waals surface area contributed by atoms with E-state index < -0.39 is 6.10 Å². The van der Waals surface area contributed by atoms with Crippen LogP contribution in [0.25, 0.3) is 6.08 Å². The van der Waals surface area contributed by atoms with Crippen LogP contribution in [-0.2, 0) is 0 Å². The Labute approximate surface area is 139 Å². The van der Waals surface area contributed by atoms with Gasteiger partial charge in [-0.15, -0.1) is 0 Å². The molecule has 0 saturated carbocycles. The third kappa shape index (κ3) is 5.30. The first-order valence-electron chi connectivity index (χ1n) is 7.45. The molecule has 0 spiro atoms. The molecule has 118 valence electrons. The molecule has 0 saturated heterocycles. The van der Waals surface area contributed by atoms with Crippen molar-refractivity contribution in [2.45, 2.75) is 19.1 Å². The van der Waals surface area contributed by atoms with Gasteiger partial charge in [-0.1, -0.05) is 66.7 Å². The molecule has 0 bridgehead atoms. The topological polar surface area (TPSA) is 24.7 Å². The van der Waals surface area contributed by atoms with Crippen molar-refractivity contribution in [1.82, 2.24) is 0 Å². The molecule has 0 amide bonds. The summed E-state index contributed by atoms with van der Waals surface area (Å²) < 4.78 is 0. The SMILES string of the molecule is CC([C@@H](O)c1ccccc1)[NH+](C)C/C=C/c1ccccc1.[Cl-]. The van der Waals surface area contributed by atoms with Crippen LogP contribution < -0.4 is 17.3 Å². The molecule has 0 fully saturated rings. The molecule has 3 atom stereocenters. The molecule has 0 radical (unpaired) electrons. The molecular formula is C19H24ClNO. The molecule has 0 heterocycles. The van der Waals surface area contributed by atoms with Gasteiger partial charge in [-0.25, -0.2) is 0 Å². The van der Waals surface area contributed by atoms with Gasteiger partial charge in [-0.3, -0.25) is 0 Å². The number of likely N-dealkylation sites (N-methyl/N-ethyl adjacent to an activating group) is 1. The molecule has 0 aromatic heterocycles. The summed E-state index contributed by atoms with van der Waals surface area (Å²) in [6.07, 6.45) is 3.86. The second kappa shape index (κ2) is 9.42. The molecule has 2 nitrogen and oxygen atoms in total. The Morgan fingerprint density at radius 2 is 1.55 bits per heavy atom. The van der Waals surface area contributed by atoms with Crippen LogP contribution in [0.2, 0.25) is 0 Å². The number of halogens is 1. The third-order valence-corrected chi connectivity index (χ3v) is 3.94. The van der Waals surface area contributed by atoms with E-state index in [1.165, 1.54) is 10.5 Å². The van der Waals surface area contributed by atoms with Gasteiger partial charge in [0.15, 0.2) is 0 Å². The van der Waals surface area contributed by atoms with Gasteiger partial charge in [0, 0.05) is 0 Å². The molecule has 2 N–H and O–H groups in total.